The number of benzene rings is 2. The lowest BCUT2D eigenvalue weighted by atomic mass is 10.2. The summed E-state index contributed by atoms with van der Waals surface area (Å²) in [4.78, 5) is 0. The summed E-state index contributed by atoms with van der Waals surface area (Å²) in [5.74, 6) is 0.796. The highest BCUT2D eigenvalue weighted by atomic mass is 32.1. The SMILES string of the molecule is C=CCNC(=S)NN=Cc1cccc(OCc2ccccc2)c1. The van der Waals surface area contributed by atoms with Crippen molar-refractivity contribution >= 4 is 23.5 Å². The topological polar surface area (TPSA) is 45.7 Å². The number of hydrogen-bond donors (Lipinski definition) is 2. The quantitative estimate of drug-likeness (QED) is 0.355. The van der Waals surface area contributed by atoms with Crippen molar-refractivity contribution in [1.82, 2.24) is 10.7 Å². The zero-order valence-corrected chi connectivity index (χ0v) is 13.6. The number of hydrogen-bond acceptors (Lipinski definition) is 3. The minimum Gasteiger partial charge on any atom is -0.489 e. The third-order valence-electron chi connectivity index (χ3n) is 2.89. The summed E-state index contributed by atoms with van der Waals surface area (Å²) in [5.41, 5.74) is 4.80. The predicted molar refractivity (Wildman–Crippen MR) is 98.7 cm³/mol. The van der Waals surface area contributed by atoms with Gasteiger partial charge in [-0.05, 0) is 35.5 Å². The van der Waals surface area contributed by atoms with Gasteiger partial charge in [0.2, 0.25) is 0 Å². The van der Waals surface area contributed by atoms with Gasteiger partial charge in [-0.3, -0.25) is 5.43 Å². The van der Waals surface area contributed by atoms with Crippen LogP contribution >= 0.6 is 12.2 Å². The van der Waals surface area contributed by atoms with Gasteiger partial charge in [-0.25, -0.2) is 0 Å². The van der Waals surface area contributed by atoms with Gasteiger partial charge in [-0.1, -0.05) is 48.5 Å². The van der Waals surface area contributed by atoms with E-state index < -0.39 is 0 Å². The van der Waals surface area contributed by atoms with Crippen molar-refractivity contribution in [3.63, 3.8) is 0 Å². The maximum Gasteiger partial charge on any atom is 0.187 e. The molecule has 0 aliphatic rings. The van der Waals surface area contributed by atoms with Crippen LogP contribution in [0.5, 0.6) is 5.75 Å². The molecule has 2 aromatic rings. The van der Waals surface area contributed by atoms with Crippen LogP contribution in [0.25, 0.3) is 0 Å². The van der Waals surface area contributed by atoms with E-state index in [0.29, 0.717) is 18.3 Å². The van der Waals surface area contributed by atoms with Crippen molar-refractivity contribution in [1.29, 1.82) is 0 Å². The second-order valence-corrected chi connectivity index (χ2v) is 5.12. The Morgan fingerprint density at radius 2 is 2.00 bits per heavy atom. The third kappa shape index (κ3) is 6.32. The molecule has 0 aliphatic heterocycles. The zero-order valence-electron chi connectivity index (χ0n) is 12.7. The van der Waals surface area contributed by atoms with E-state index in [4.69, 9.17) is 17.0 Å². The van der Waals surface area contributed by atoms with Crippen molar-refractivity contribution in [2.75, 3.05) is 6.54 Å². The molecule has 0 heterocycles. The molecule has 0 bridgehead atoms. The van der Waals surface area contributed by atoms with Gasteiger partial charge < -0.3 is 10.1 Å². The fourth-order valence-corrected chi connectivity index (χ4v) is 1.93. The van der Waals surface area contributed by atoms with Crippen LogP contribution in [-0.4, -0.2) is 17.9 Å². The highest BCUT2D eigenvalue weighted by Gasteiger charge is 1.97. The molecular weight excluding hydrogens is 306 g/mol. The van der Waals surface area contributed by atoms with Gasteiger partial charge in [-0.15, -0.1) is 6.58 Å². The third-order valence-corrected chi connectivity index (χ3v) is 3.13. The summed E-state index contributed by atoms with van der Waals surface area (Å²) in [7, 11) is 0. The Labute approximate surface area is 141 Å². The van der Waals surface area contributed by atoms with Gasteiger partial charge in [-0.2, -0.15) is 5.10 Å². The smallest absolute Gasteiger partial charge is 0.187 e. The van der Waals surface area contributed by atoms with Gasteiger partial charge in [0.25, 0.3) is 0 Å². The molecule has 2 aromatic carbocycles. The molecule has 2 N–H and O–H groups in total. The van der Waals surface area contributed by atoms with Gasteiger partial charge in [0.1, 0.15) is 12.4 Å². The van der Waals surface area contributed by atoms with E-state index in [1.807, 2.05) is 54.6 Å². The number of nitrogens with one attached hydrogen (secondary N) is 2. The largest absolute Gasteiger partial charge is 0.489 e. The maximum absolute atomic E-state index is 5.78. The monoisotopic (exact) mass is 325 g/mol. The molecule has 0 saturated heterocycles. The van der Waals surface area contributed by atoms with Crippen LogP contribution in [0.15, 0.2) is 72.4 Å². The number of ether oxygens (including phenoxy) is 1. The fraction of sp³-hybridized carbons (Fsp3) is 0.111. The first-order valence-electron chi connectivity index (χ1n) is 7.22. The molecule has 0 fully saturated rings. The van der Waals surface area contributed by atoms with E-state index in [-0.39, 0.29) is 0 Å². The highest BCUT2D eigenvalue weighted by Crippen LogP contribution is 2.14. The summed E-state index contributed by atoms with van der Waals surface area (Å²) in [6.45, 7) is 4.75. The molecule has 0 aromatic heterocycles. The molecule has 2 rings (SSSR count). The Morgan fingerprint density at radius 3 is 2.78 bits per heavy atom. The predicted octanol–water partition coefficient (Wildman–Crippen LogP) is 3.25. The Bertz CT molecular complexity index is 671. The van der Waals surface area contributed by atoms with Gasteiger partial charge in [0.15, 0.2) is 5.11 Å². The molecule has 0 saturated carbocycles. The minimum atomic E-state index is 0.456. The highest BCUT2D eigenvalue weighted by molar-refractivity contribution is 7.80. The molecular formula is C18H19N3OS. The van der Waals surface area contributed by atoms with Crippen LogP contribution in [-0.2, 0) is 6.61 Å². The minimum absolute atomic E-state index is 0.456. The van der Waals surface area contributed by atoms with E-state index >= 15 is 0 Å². The molecule has 4 nitrogen and oxygen atoms in total. The van der Waals surface area contributed by atoms with Crippen LogP contribution in [0, 0.1) is 0 Å². The molecule has 0 aliphatic carbocycles. The van der Waals surface area contributed by atoms with E-state index in [0.717, 1.165) is 16.9 Å². The van der Waals surface area contributed by atoms with Gasteiger partial charge in [0, 0.05) is 6.54 Å². The maximum atomic E-state index is 5.78. The van der Waals surface area contributed by atoms with Crippen LogP contribution < -0.4 is 15.5 Å². The summed E-state index contributed by atoms with van der Waals surface area (Å²) in [6.07, 6.45) is 3.42. The number of nitrogens with zero attached hydrogens (tertiary/aromatic N) is 1. The summed E-state index contributed by atoms with van der Waals surface area (Å²) in [6, 6.07) is 17.8. The summed E-state index contributed by atoms with van der Waals surface area (Å²) in [5, 5.41) is 7.47. The van der Waals surface area contributed by atoms with E-state index in [1.165, 1.54) is 0 Å². The van der Waals surface area contributed by atoms with E-state index in [1.54, 1.807) is 12.3 Å². The fourth-order valence-electron chi connectivity index (χ4n) is 1.80. The molecule has 0 atom stereocenters. The van der Waals surface area contributed by atoms with E-state index in [9.17, 15) is 0 Å². The van der Waals surface area contributed by atoms with Crippen LogP contribution in [0.3, 0.4) is 0 Å². The molecule has 5 heteroatoms. The average molecular weight is 325 g/mol. The molecule has 118 valence electrons. The first-order valence-corrected chi connectivity index (χ1v) is 7.63. The normalized spacial score (nSPS) is 10.3. The van der Waals surface area contributed by atoms with Gasteiger partial charge >= 0.3 is 0 Å². The number of rotatable bonds is 7. The Kier molecular flexibility index (Phi) is 6.81. The Balaban J connectivity index is 1.86. The molecule has 0 amide bonds. The number of hydrazone groups is 1. The first kappa shape index (κ1) is 16.7. The first-order chi connectivity index (χ1) is 11.3. The average Bonchev–Trinajstić information content (AvgIpc) is 2.59. The van der Waals surface area contributed by atoms with Crippen LogP contribution in [0.2, 0.25) is 0 Å². The molecule has 0 unspecified atom stereocenters. The second-order valence-electron chi connectivity index (χ2n) is 4.72. The Morgan fingerprint density at radius 1 is 1.17 bits per heavy atom. The lowest BCUT2D eigenvalue weighted by molar-refractivity contribution is 0.306. The van der Waals surface area contributed by atoms with Gasteiger partial charge in [0.05, 0.1) is 6.21 Å². The zero-order chi connectivity index (χ0) is 16.3. The molecule has 0 spiro atoms. The Hall–Kier alpha value is -2.66. The van der Waals surface area contributed by atoms with Crippen molar-refractivity contribution in [3.05, 3.63) is 78.4 Å². The standard InChI is InChI=1S/C18H19N3OS/c1-2-11-19-18(23)21-20-13-16-9-6-10-17(12-16)22-14-15-7-4-3-5-8-15/h2-10,12-13H,1,11,14H2,(H2,19,21,23). The number of thiocarbonyl (C=S) groups is 1. The van der Waals surface area contributed by atoms with Crippen molar-refractivity contribution in [3.8, 4) is 5.75 Å². The lowest BCUT2D eigenvalue weighted by Crippen LogP contribution is -2.31. The second kappa shape index (κ2) is 9.38. The molecule has 23 heavy (non-hydrogen) atoms. The van der Waals surface area contributed by atoms with Crippen molar-refractivity contribution in [2.24, 2.45) is 5.10 Å². The van der Waals surface area contributed by atoms with Crippen LogP contribution in [0.1, 0.15) is 11.1 Å². The van der Waals surface area contributed by atoms with E-state index in [2.05, 4.69) is 22.4 Å². The summed E-state index contributed by atoms with van der Waals surface area (Å²) < 4.78 is 5.78. The van der Waals surface area contributed by atoms with Crippen molar-refractivity contribution < 1.29 is 4.74 Å². The lowest BCUT2D eigenvalue weighted by Gasteiger charge is -2.07. The summed E-state index contributed by atoms with van der Waals surface area (Å²) >= 11 is 5.05. The molecule has 0 radical (unpaired) electrons. The van der Waals surface area contributed by atoms with Crippen LogP contribution in [0.4, 0.5) is 0 Å². The van der Waals surface area contributed by atoms with Crippen molar-refractivity contribution in [2.45, 2.75) is 6.61 Å².